The van der Waals surface area contributed by atoms with Crippen molar-refractivity contribution in [3.63, 3.8) is 0 Å². The predicted octanol–water partition coefficient (Wildman–Crippen LogP) is 2.26. The summed E-state index contributed by atoms with van der Waals surface area (Å²) in [6.07, 6.45) is 8.57. The van der Waals surface area contributed by atoms with Gasteiger partial charge in [-0.25, -0.2) is 4.98 Å². The lowest BCUT2D eigenvalue weighted by atomic mass is 10.1. The summed E-state index contributed by atoms with van der Waals surface area (Å²) in [5.74, 6) is -0.550. The fourth-order valence-corrected chi connectivity index (χ4v) is 2.44. The molecule has 0 aromatic carbocycles. The Labute approximate surface area is 95.3 Å². The fourth-order valence-electron chi connectivity index (χ4n) is 2.44. The Kier molecular flexibility index (Phi) is 3.27. The molecule has 1 N–H and O–H groups in total. The molecule has 0 saturated heterocycles. The largest absolute Gasteiger partial charge is 0.481 e. The number of aromatic nitrogens is 2. The highest BCUT2D eigenvalue weighted by molar-refractivity contribution is 5.74. The summed E-state index contributed by atoms with van der Waals surface area (Å²) in [4.78, 5) is 15.0. The topological polar surface area (TPSA) is 55.1 Å². The second-order valence-electron chi connectivity index (χ2n) is 4.68. The van der Waals surface area contributed by atoms with E-state index in [9.17, 15) is 4.79 Å². The van der Waals surface area contributed by atoms with Crippen LogP contribution in [0.2, 0.25) is 0 Å². The molecule has 1 aliphatic rings. The third kappa shape index (κ3) is 2.26. The van der Waals surface area contributed by atoms with Gasteiger partial charge in [-0.2, -0.15) is 0 Å². The van der Waals surface area contributed by atoms with E-state index in [-0.39, 0.29) is 0 Å². The van der Waals surface area contributed by atoms with Crippen LogP contribution in [-0.2, 0) is 11.3 Å². The molecule has 0 bridgehead atoms. The SMILES string of the molecule is CC(C(=O)O)c1cncn1CC1CCCC1. The molecule has 16 heavy (non-hydrogen) atoms. The molecule has 1 aromatic rings. The maximum atomic E-state index is 10.9. The number of carboxylic acids is 1. The first kappa shape index (κ1) is 11.2. The molecule has 1 atom stereocenters. The molecule has 1 heterocycles. The summed E-state index contributed by atoms with van der Waals surface area (Å²) >= 11 is 0. The molecule has 0 aliphatic heterocycles. The molecule has 1 aliphatic carbocycles. The summed E-state index contributed by atoms with van der Waals surface area (Å²) in [5.41, 5.74) is 0.819. The second-order valence-corrected chi connectivity index (χ2v) is 4.68. The van der Waals surface area contributed by atoms with Crippen LogP contribution in [0.5, 0.6) is 0 Å². The average molecular weight is 222 g/mol. The van der Waals surface area contributed by atoms with Crippen LogP contribution in [0.25, 0.3) is 0 Å². The van der Waals surface area contributed by atoms with Gasteiger partial charge in [0.15, 0.2) is 0 Å². The zero-order chi connectivity index (χ0) is 11.5. The van der Waals surface area contributed by atoms with Gasteiger partial charge in [0.25, 0.3) is 0 Å². The van der Waals surface area contributed by atoms with Crippen molar-refractivity contribution in [3.05, 3.63) is 18.2 Å². The van der Waals surface area contributed by atoms with Crippen molar-refractivity contribution >= 4 is 5.97 Å². The summed E-state index contributed by atoms with van der Waals surface area (Å²) in [5, 5.41) is 9.00. The second kappa shape index (κ2) is 4.68. The van der Waals surface area contributed by atoms with Crippen LogP contribution in [0.1, 0.15) is 44.2 Å². The zero-order valence-corrected chi connectivity index (χ0v) is 9.59. The van der Waals surface area contributed by atoms with E-state index in [0.29, 0.717) is 5.92 Å². The zero-order valence-electron chi connectivity index (χ0n) is 9.59. The Morgan fingerprint density at radius 2 is 2.31 bits per heavy atom. The Morgan fingerprint density at radius 3 is 2.94 bits per heavy atom. The van der Waals surface area contributed by atoms with Gasteiger partial charge >= 0.3 is 5.97 Å². The molecule has 4 nitrogen and oxygen atoms in total. The van der Waals surface area contributed by atoms with Gasteiger partial charge in [-0.05, 0) is 25.7 Å². The molecule has 1 unspecified atom stereocenters. The Morgan fingerprint density at radius 1 is 1.62 bits per heavy atom. The lowest BCUT2D eigenvalue weighted by Crippen LogP contribution is -2.15. The molecule has 4 heteroatoms. The van der Waals surface area contributed by atoms with Gasteiger partial charge in [-0.15, -0.1) is 0 Å². The van der Waals surface area contributed by atoms with E-state index in [0.717, 1.165) is 12.2 Å². The quantitative estimate of drug-likeness (QED) is 0.850. The first-order valence-corrected chi connectivity index (χ1v) is 5.91. The third-order valence-electron chi connectivity index (χ3n) is 3.49. The van der Waals surface area contributed by atoms with E-state index in [1.165, 1.54) is 25.7 Å². The molecule has 0 spiro atoms. The first-order valence-electron chi connectivity index (χ1n) is 5.91. The Hall–Kier alpha value is -1.32. The molecule has 1 saturated carbocycles. The monoisotopic (exact) mass is 222 g/mol. The van der Waals surface area contributed by atoms with Crippen LogP contribution in [0.15, 0.2) is 12.5 Å². The number of carbonyl (C=O) groups is 1. The van der Waals surface area contributed by atoms with E-state index in [1.54, 1.807) is 19.4 Å². The molecular weight excluding hydrogens is 204 g/mol. The van der Waals surface area contributed by atoms with Crippen LogP contribution in [-0.4, -0.2) is 20.6 Å². The van der Waals surface area contributed by atoms with Gasteiger partial charge in [-0.3, -0.25) is 4.79 Å². The maximum absolute atomic E-state index is 10.9. The lowest BCUT2D eigenvalue weighted by Gasteiger charge is -2.14. The number of hydrogen-bond donors (Lipinski definition) is 1. The van der Waals surface area contributed by atoms with E-state index in [4.69, 9.17) is 5.11 Å². The molecule has 1 aromatic heterocycles. The Balaban J connectivity index is 2.09. The van der Waals surface area contributed by atoms with E-state index in [2.05, 4.69) is 4.98 Å². The van der Waals surface area contributed by atoms with Gasteiger partial charge < -0.3 is 9.67 Å². The number of carboxylic acid groups (broad SMARTS) is 1. The van der Waals surface area contributed by atoms with Crippen molar-refractivity contribution in [1.82, 2.24) is 9.55 Å². The highest BCUT2D eigenvalue weighted by Crippen LogP contribution is 2.27. The van der Waals surface area contributed by atoms with Crippen LogP contribution in [0, 0.1) is 5.92 Å². The summed E-state index contributed by atoms with van der Waals surface area (Å²) in [7, 11) is 0. The van der Waals surface area contributed by atoms with Crippen LogP contribution < -0.4 is 0 Å². The molecule has 1 fully saturated rings. The third-order valence-corrected chi connectivity index (χ3v) is 3.49. The first-order chi connectivity index (χ1) is 7.68. The van der Waals surface area contributed by atoms with E-state index < -0.39 is 11.9 Å². The minimum atomic E-state index is -0.784. The lowest BCUT2D eigenvalue weighted by molar-refractivity contribution is -0.138. The van der Waals surface area contributed by atoms with Crippen molar-refractivity contribution in [2.24, 2.45) is 5.92 Å². The van der Waals surface area contributed by atoms with Crippen LogP contribution in [0.3, 0.4) is 0 Å². The van der Waals surface area contributed by atoms with Gasteiger partial charge in [0, 0.05) is 12.7 Å². The molecule has 2 rings (SSSR count). The molecule has 0 radical (unpaired) electrons. The summed E-state index contributed by atoms with van der Waals surface area (Å²) in [6, 6.07) is 0. The van der Waals surface area contributed by atoms with Gasteiger partial charge in [0.2, 0.25) is 0 Å². The average Bonchev–Trinajstić information content (AvgIpc) is 2.88. The Bertz CT molecular complexity index is 367. The molecule has 0 amide bonds. The summed E-state index contributed by atoms with van der Waals surface area (Å²) < 4.78 is 2.01. The number of nitrogens with zero attached hydrogens (tertiary/aromatic N) is 2. The fraction of sp³-hybridized carbons (Fsp3) is 0.667. The van der Waals surface area contributed by atoms with Gasteiger partial charge in [-0.1, -0.05) is 12.8 Å². The van der Waals surface area contributed by atoms with Crippen LogP contribution >= 0.6 is 0 Å². The van der Waals surface area contributed by atoms with Crippen molar-refractivity contribution in [3.8, 4) is 0 Å². The standard InChI is InChI=1S/C12H18N2O2/c1-9(12(15)16)11-6-13-8-14(11)7-10-4-2-3-5-10/h6,8-10H,2-5,7H2,1H3,(H,15,16). The predicted molar refractivity (Wildman–Crippen MR) is 60.2 cm³/mol. The smallest absolute Gasteiger partial charge is 0.312 e. The normalized spacial score (nSPS) is 18.8. The van der Waals surface area contributed by atoms with Crippen molar-refractivity contribution in [2.75, 3.05) is 0 Å². The van der Waals surface area contributed by atoms with Crippen molar-refractivity contribution < 1.29 is 9.90 Å². The van der Waals surface area contributed by atoms with Gasteiger partial charge in [0.1, 0.15) is 0 Å². The number of aliphatic carboxylic acids is 1. The maximum Gasteiger partial charge on any atom is 0.312 e. The van der Waals surface area contributed by atoms with Crippen molar-refractivity contribution in [1.29, 1.82) is 0 Å². The molecule has 88 valence electrons. The summed E-state index contributed by atoms with van der Waals surface area (Å²) in [6.45, 7) is 2.64. The van der Waals surface area contributed by atoms with E-state index >= 15 is 0 Å². The highest BCUT2D eigenvalue weighted by atomic mass is 16.4. The minimum absolute atomic E-state index is 0.469. The number of imidazole rings is 1. The van der Waals surface area contributed by atoms with E-state index in [1.807, 2.05) is 4.57 Å². The minimum Gasteiger partial charge on any atom is -0.481 e. The molecular formula is C12H18N2O2. The van der Waals surface area contributed by atoms with Crippen LogP contribution in [0.4, 0.5) is 0 Å². The highest BCUT2D eigenvalue weighted by Gasteiger charge is 2.21. The number of rotatable bonds is 4. The van der Waals surface area contributed by atoms with Gasteiger partial charge in [0.05, 0.1) is 17.9 Å². The van der Waals surface area contributed by atoms with Crippen molar-refractivity contribution in [2.45, 2.75) is 45.1 Å². The number of hydrogen-bond acceptors (Lipinski definition) is 2.